The van der Waals surface area contributed by atoms with Gasteiger partial charge in [0, 0.05) is 7.05 Å². The third-order valence-corrected chi connectivity index (χ3v) is 5.55. The number of nitrogens with one attached hydrogen (secondary N) is 1. The minimum atomic E-state index is -0.298. The fourth-order valence-corrected chi connectivity index (χ4v) is 4.19. The van der Waals surface area contributed by atoms with Crippen LogP contribution >= 0.6 is 11.3 Å². The Morgan fingerprint density at radius 2 is 1.81 bits per heavy atom. The second-order valence-corrected chi connectivity index (χ2v) is 7.20. The Kier molecular flexibility index (Phi) is 4.49. The summed E-state index contributed by atoms with van der Waals surface area (Å²) >= 11 is 1.50. The highest BCUT2D eigenvalue weighted by Gasteiger charge is 2.39. The SMILES string of the molecule is COc1cccc(OC)c1NC1CN(C)C(=O)N1c1nc2ccccc2s1. The standard InChI is InChI=1S/C19H20N4O3S/c1-22-11-16(21-17-13(25-2)8-6-9-14(17)26-3)23(19(22)24)18-20-12-7-4-5-10-15(12)27-18/h4-10,16,21H,11H2,1-3H3. The molecule has 1 atom stereocenters. The Morgan fingerprint density at radius 3 is 2.48 bits per heavy atom. The lowest BCUT2D eigenvalue weighted by molar-refractivity contribution is 0.229. The van der Waals surface area contributed by atoms with Crippen LogP contribution in [0.4, 0.5) is 15.6 Å². The molecular weight excluding hydrogens is 364 g/mol. The zero-order chi connectivity index (χ0) is 19.0. The number of urea groups is 1. The average molecular weight is 384 g/mol. The second kappa shape index (κ2) is 6.96. The van der Waals surface area contributed by atoms with Crippen LogP contribution in [-0.4, -0.2) is 49.9 Å². The summed E-state index contributed by atoms with van der Waals surface area (Å²) in [6.45, 7) is 0.510. The molecule has 7 nitrogen and oxygen atoms in total. The van der Waals surface area contributed by atoms with E-state index in [1.807, 2.05) is 42.5 Å². The van der Waals surface area contributed by atoms with E-state index in [0.717, 1.165) is 10.2 Å². The molecule has 1 saturated heterocycles. The maximum atomic E-state index is 12.8. The van der Waals surface area contributed by atoms with Crippen LogP contribution in [0.3, 0.4) is 0 Å². The highest BCUT2D eigenvalue weighted by molar-refractivity contribution is 7.22. The number of thiazole rings is 1. The van der Waals surface area contributed by atoms with Gasteiger partial charge in [0.2, 0.25) is 0 Å². The third kappa shape index (κ3) is 3.02. The quantitative estimate of drug-likeness (QED) is 0.728. The Labute approximate surface area is 161 Å². The number of hydrogen-bond donors (Lipinski definition) is 1. The summed E-state index contributed by atoms with van der Waals surface area (Å²) in [6, 6.07) is 13.3. The zero-order valence-electron chi connectivity index (χ0n) is 15.3. The molecule has 1 aliphatic rings. The summed E-state index contributed by atoms with van der Waals surface area (Å²) in [4.78, 5) is 20.8. The largest absolute Gasteiger partial charge is 0.494 e. The highest BCUT2D eigenvalue weighted by atomic mass is 32.1. The van der Waals surface area contributed by atoms with E-state index in [4.69, 9.17) is 9.47 Å². The summed E-state index contributed by atoms with van der Waals surface area (Å²) in [7, 11) is 5.00. The monoisotopic (exact) mass is 384 g/mol. The summed E-state index contributed by atoms with van der Waals surface area (Å²) in [5.74, 6) is 1.31. The lowest BCUT2D eigenvalue weighted by Gasteiger charge is -2.24. The number of aromatic nitrogens is 1. The number of para-hydroxylation sites is 2. The first-order valence-electron chi connectivity index (χ1n) is 8.50. The minimum absolute atomic E-state index is 0.0968. The minimum Gasteiger partial charge on any atom is -0.494 e. The van der Waals surface area contributed by atoms with E-state index in [9.17, 15) is 4.79 Å². The Hall–Kier alpha value is -3.00. The predicted molar refractivity (Wildman–Crippen MR) is 107 cm³/mol. The van der Waals surface area contributed by atoms with Gasteiger partial charge >= 0.3 is 6.03 Å². The normalized spacial score (nSPS) is 16.9. The van der Waals surface area contributed by atoms with Crippen LogP contribution in [0.15, 0.2) is 42.5 Å². The van der Waals surface area contributed by atoms with Gasteiger partial charge in [-0.15, -0.1) is 0 Å². The topological polar surface area (TPSA) is 66.9 Å². The van der Waals surface area contributed by atoms with Crippen molar-refractivity contribution in [2.75, 3.05) is 38.0 Å². The van der Waals surface area contributed by atoms with Crippen LogP contribution in [-0.2, 0) is 0 Å². The number of ether oxygens (including phenoxy) is 2. The molecule has 0 saturated carbocycles. The molecule has 2 heterocycles. The molecule has 1 aromatic heterocycles. The van der Waals surface area contributed by atoms with Crippen molar-refractivity contribution >= 4 is 38.4 Å². The molecule has 0 spiro atoms. The summed E-state index contributed by atoms with van der Waals surface area (Å²) < 4.78 is 12.0. The van der Waals surface area contributed by atoms with Gasteiger partial charge in [-0.25, -0.2) is 14.7 Å². The van der Waals surface area contributed by atoms with E-state index in [-0.39, 0.29) is 12.2 Å². The van der Waals surface area contributed by atoms with Crippen molar-refractivity contribution in [2.24, 2.45) is 0 Å². The van der Waals surface area contributed by atoms with Gasteiger partial charge in [-0.3, -0.25) is 0 Å². The average Bonchev–Trinajstić information content (AvgIpc) is 3.22. The Morgan fingerprint density at radius 1 is 1.11 bits per heavy atom. The first-order chi connectivity index (χ1) is 13.1. The Balaban J connectivity index is 1.72. The molecule has 0 aliphatic carbocycles. The van der Waals surface area contributed by atoms with E-state index in [0.29, 0.717) is 28.9 Å². The lowest BCUT2D eigenvalue weighted by Crippen LogP contribution is -2.39. The molecule has 4 rings (SSSR count). The van der Waals surface area contributed by atoms with Gasteiger partial charge in [-0.1, -0.05) is 29.5 Å². The van der Waals surface area contributed by atoms with Crippen molar-refractivity contribution in [1.82, 2.24) is 9.88 Å². The maximum absolute atomic E-state index is 12.8. The van der Waals surface area contributed by atoms with E-state index >= 15 is 0 Å². The number of fused-ring (bicyclic) bond motifs is 1. The summed E-state index contributed by atoms with van der Waals surface area (Å²) in [6.07, 6.45) is -0.298. The number of nitrogens with zero attached hydrogens (tertiary/aromatic N) is 3. The van der Waals surface area contributed by atoms with Gasteiger partial charge in [0.05, 0.1) is 31.0 Å². The molecule has 1 N–H and O–H groups in total. The highest BCUT2D eigenvalue weighted by Crippen LogP contribution is 2.38. The molecule has 1 aliphatic heterocycles. The number of methoxy groups -OCH3 is 2. The molecule has 1 unspecified atom stereocenters. The second-order valence-electron chi connectivity index (χ2n) is 6.19. The predicted octanol–water partition coefficient (Wildman–Crippen LogP) is 3.62. The van der Waals surface area contributed by atoms with Gasteiger partial charge < -0.3 is 19.7 Å². The molecule has 0 bridgehead atoms. The maximum Gasteiger partial charge on any atom is 0.327 e. The fourth-order valence-electron chi connectivity index (χ4n) is 3.18. The first-order valence-corrected chi connectivity index (χ1v) is 9.31. The molecule has 1 fully saturated rings. The van der Waals surface area contributed by atoms with Gasteiger partial charge in [0.25, 0.3) is 0 Å². The number of carbonyl (C=O) groups excluding carboxylic acids is 1. The van der Waals surface area contributed by atoms with E-state index in [1.54, 1.807) is 31.1 Å². The summed E-state index contributed by atoms with van der Waals surface area (Å²) in [5, 5.41) is 4.08. The van der Waals surface area contributed by atoms with Crippen molar-refractivity contribution < 1.29 is 14.3 Å². The zero-order valence-corrected chi connectivity index (χ0v) is 16.1. The van der Waals surface area contributed by atoms with Crippen molar-refractivity contribution in [2.45, 2.75) is 6.17 Å². The number of rotatable bonds is 5. The van der Waals surface area contributed by atoms with Crippen molar-refractivity contribution in [3.8, 4) is 11.5 Å². The molecule has 140 valence electrons. The molecular formula is C19H20N4O3S. The van der Waals surface area contributed by atoms with Crippen molar-refractivity contribution in [3.05, 3.63) is 42.5 Å². The third-order valence-electron chi connectivity index (χ3n) is 4.52. The van der Waals surface area contributed by atoms with Crippen molar-refractivity contribution in [3.63, 3.8) is 0 Å². The van der Waals surface area contributed by atoms with E-state index in [2.05, 4.69) is 10.3 Å². The van der Waals surface area contributed by atoms with Crippen LogP contribution in [0.1, 0.15) is 0 Å². The van der Waals surface area contributed by atoms with Crippen LogP contribution in [0.5, 0.6) is 11.5 Å². The molecule has 8 heteroatoms. The molecule has 2 amide bonds. The first kappa shape index (κ1) is 17.4. The summed E-state index contributed by atoms with van der Waals surface area (Å²) in [5.41, 5.74) is 1.59. The van der Waals surface area contributed by atoms with E-state index < -0.39 is 0 Å². The number of anilines is 2. The van der Waals surface area contributed by atoms with E-state index in [1.165, 1.54) is 11.3 Å². The smallest absolute Gasteiger partial charge is 0.327 e. The number of benzene rings is 2. The van der Waals surface area contributed by atoms with Crippen LogP contribution in [0, 0.1) is 0 Å². The van der Waals surface area contributed by atoms with Crippen LogP contribution in [0.2, 0.25) is 0 Å². The fraction of sp³-hybridized carbons (Fsp3) is 0.263. The Bertz CT molecular complexity index is 935. The van der Waals surface area contributed by atoms with Gasteiger partial charge in [-0.05, 0) is 24.3 Å². The molecule has 0 radical (unpaired) electrons. The molecule has 27 heavy (non-hydrogen) atoms. The van der Waals surface area contributed by atoms with Gasteiger partial charge in [0.1, 0.15) is 23.4 Å². The number of amides is 2. The van der Waals surface area contributed by atoms with Crippen molar-refractivity contribution in [1.29, 1.82) is 0 Å². The van der Waals surface area contributed by atoms with Gasteiger partial charge in [-0.2, -0.15) is 0 Å². The number of carbonyl (C=O) groups is 1. The van der Waals surface area contributed by atoms with Crippen LogP contribution in [0.25, 0.3) is 10.2 Å². The molecule has 3 aromatic rings. The molecule has 2 aromatic carbocycles. The lowest BCUT2D eigenvalue weighted by atomic mass is 10.2. The van der Waals surface area contributed by atoms with Crippen LogP contribution < -0.4 is 19.7 Å². The van der Waals surface area contributed by atoms with Gasteiger partial charge in [0.15, 0.2) is 5.13 Å². The number of likely N-dealkylation sites (N-methyl/N-ethyl adjacent to an activating group) is 1. The number of hydrogen-bond acceptors (Lipinski definition) is 6.